The van der Waals surface area contributed by atoms with Crippen LogP contribution in [0.5, 0.6) is 0 Å². The van der Waals surface area contributed by atoms with E-state index >= 15 is 0 Å². The first-order valence-electron chi connectivity index (χ1n) is 4.53. The quantitative estimate of drug-likeness (QED) is 0.658. The summed E-state index contributed by atoms with van der Waals surface area (Å²) in [6.45, 7) is 5.86. The Morgan fingerprint density at radius 1 is 1.29 bits per heavy atom. The van der Waals surface area contributed by atoms with E-state index in [1.54, 1.807) is 27.8 Å². The molecule has 0 saturated carbocycles. The van der Waals surface area contributed by atoms with Crippen molar-refractivity contribution in [1.29, 1.82) is 0 Å². The van der Waals surface area contributed by atoms with Gasteiger partial charge in [-0.25, -0.2) is 4.79 Å². The Hall–Kier alpha value is -0.840. The third kappa shape index (κ3) is 6.65. The van der Waals surface area contributed by atoms with Crippen LogP contribution in [0.1, 0.15) is 20.8 Å². The Morgan fingerprint density at radius 2 is 1.79 bits per heavy atom. The monoisotopic (exact) mass is 206 g/mol. The van der Waals surface area contributed by atoms with Crippen LogP contribution in [-0.2, 0) is 4.74 Å². The molecule has 0 spiro atoms. The molecule has 0 unspecified atom stereocenters. The van der Waals surface area contributed by atoms with Gasteiger partial charge in [-0.3, -0.25) is 0 Å². The number of ether oxygens (including phenoxy) is 1. The van der Waals surface area contributed by atoms with Crippen molar-refractivity contribution in [2.45, 2.75) is 26.4 Å². The van der Waals surface area contributed by atoms with Gasteiger partial charge in [-0.15, -0.1) is 9.60 Å². The SMILES string of the molecule is CN(F)CCN(C)C(=O)OC(C)(C)C. The minimum absolute atomic E-state index is 0.176. The highest BCUT2D eigenvalue weighted by atomic mass is 19.2. The van der Waals surface area contributed by atoms with Crippen LogP contribution in [-0.4, -0.2) is 48.9 Å². The summed E-state index contributed by atoms with van der Waals surface area (Å²) >= 11 is 0. The molecule has 0 heterocycles. The maximum Gasteiger partial charge on any atom is 0.410 e. The second-order valence-corrected chi connectivity index (χ2v) is 4.23. The molecule has 0 saturated heterocycles. The molecule has 0 aromatic heterocycles. The highest BCUT2D eigenvalue weighted by molar-refractivity contribution is 5.67. The molecule has 0 rings (SSSR count). The summed E-state index contributed by atoms with van der Waals surface area (Å²) in [5.41, 5.74) is -0.507. The lowest BCUT2D eigenvalue weighted by molar-refractivity contribution is 0.0177. The molecule has 0 radical (unpaired) electrons. The number of nitrogens with zero attached hydrogens (tertiary/aromatic N) is 2. The summed E-state index contributed by atoms with van der Waals surface area (Å²) in [5.74, 6) is 0. The Morgan fingerprint density at radius 3 is 2.14 bits per heavy atom. The number of hydrogen-bond acceptors (Lipinski definition) is 3. The van der Waals surface area contributed by atoms with Gasteiger partial charge in [-0.1, -0.05) is 0 Å². The molecule has 0 aliphatic rings. The Bertz CT molecular complexity index is 190. The third-order valence-electron chi connectivity index (χ3n) is 1.45. The zero-order chi connectivity index (χ0) is 11.4. The summed E-state index contributed by atoms with van der Waals surface area (Å²) in [6, 6.07) is 0. The van der Waals surface area contributed by atoms with Crippen molar-refractivity contribution in [3.8, 4) is 0 Å². The first-order valence-corrected chi connectivity index (χ1v) is 4.53. The zero-order valence-corrected chi connectivity index (χ0v) is 9.50. The average molecular weight is 206 g/mol. The third-order valence-corrected chi connectivity index (χ3v) is 1.45. The molecule has 0 aliphatic carbocycles. The van der Waals surface area contributed by atoms with Crippen LogP contribution in [0.2, 0.25) is 0 Å². The second-order valence-electron chi connectivity index (χ2n) is 4.23. The van der Waals surface area contributed by atoms with E-state index in [-0.39, 0.29) is 6.54 Å². The summed E-state index contributed by atoms with van der Waals surface area (Å²) in [6.07, 6.45) is -0.431. The lowest BCUT2D eigenvalue weighted by Crippen LogP contribution is -2.37. The molecule has 0 fully saturated rings. The molecule has 4 nitrogen and oxygen atoms in total. The fourth-order valence-corrected chi connectivity index (χ4v) is 0.719. The molecule has 0 bridgehead atoms. The van der Waals surface area contributed by atoms with Crippen LogP contribution in [0.4, 0.5) is 9.28 Å². The van der Waals surface area contributed by atoms with Crippen molar-refractivity contribution in [3.63, 3.8) is 0 Å². The van der Waals surface area contributed by atoms with Gasteiger partial charge >= 0.3 is 6.09 Å². The largest absolute Gasteiger partial charge is 0.444 e. The second kappa shape index (κ2) is 5.14. The van der Waals surface area contributed by atoms with Crippen LogP contribution in [0.3, 0.4) is 0 Å². The van der Waals surface area contributed by atoms with E-state index in [4.69, 9.17) is 4.74 Å². The van der Waals surface area contributed by atoms with Crippen molar-refractivity contribution < 1.29 is 14.0 Å². The Balaban J connectivity index is 3.88. The standard InChI is InChI=1S/C9H19FN2O2/c1-9(2,3)14-8(13)11(4)6-7-12(5)10/h6-7H2,1-5H3. The minimum atomic E-state index is -0.507. The van der Waals surface area contributed by atoms with Gasteiger partial charge in [-0.05, 0) is 20.8 Å². The van der Waals surface area contributed by atoms with E-state index in [9.17, 15) is 9.28 Å². The maximum absolute atomic E-state index is 12.3. The smallest absolute Gasteiger partial charge is 0.410 e. The van der Waals surface area contributed by atoms with Gasteiger partial charge in [0.25, 0.3) is 0 Å². The van der Waals surface area contributed by atoms with E-state index in [0.29, 0.717) is 11.7 Å². The molecule has 1 amide bonds. The van der Waals surface area contributed by atoms with Gasteiger partial charge in [0.05, 0.1) is 0 Å². The van der Waals surface area contributed by atoms with Crippen LogP contribution in [0, 0.1) is 0 Å². The summed E-state index contributed by atoms with van der Waals surface area (Å²) in [7, 11) is 2.89. The highest BCUT2D eigenvalue weighted by Gasteiger charge is 2.19. The molecule has 0 aromatic carbocycles. The fourth-order valence-electron chi connectivity index (χ4n) is 0.719. The van der Waals surface area contributed by atoms with Gasteiger partial charge in [0.1, 0.15) is 5.60 Å². The van der Waals surface area contributed by atoms with Gasteiger partial charge in [-0.2, -0.15) is 0 Å². The predicted octanol–water partition coefficient (Wildman–Crippen LogP) is 1.67. The topological polar surface area (TPSA) is 32.8 Å². The molecule has 0 N–H and O–H groups in total. The molecule has 0 aromatic rings. The molecule has 0 aliphatic heterocycles. The highest BCUT2D eigenvalue weighted by Crippen LogP contribution is 2.08. The zero-order valence-electron chi connectivity index (χ0n) is 9.50. The molecule has 14 heavy (non-hydrogen) atoms. The number of amides is 1. The number of rotatable bonds is 3. The normalized spacial score (nSPS) is 11.6. The fraction of sp³-hybridized carbons (Fsp3) is 0.889. The van der Waals surface area contributed by atoms with Crippen LogP contribution in [0.15, 0.2) is 0 Å². The Kier molecular flexibility index (Phi) is 4.83. The minimum Gasteiger partial charge on any atom is -0.444 e. The van der Waals surface area contributed by atoms with E-state index in [1.165, 1.54) is 11.9 Å². The van der Waals surface area contributed by atoms with Crippen molar-refractivity contribution in [2.75, 3.05) is 27.2 Å². The van der Waals surface area contributed by atoms with Gasteiger partial charge in [0.2, 0.25) is 0 Å². The first kappa shape index (κ1) is 13.2. The van der Waals surface area contributed by atoms with E-state index < -0.39 is 11.7 Å². The molecular weight excluding hydrogens is 187 g/mol. The average Bonchev–Trinajstić information content (AvgIpc) is 1.96. The van der Waals surface area contributed by atoms with Gasteiger partial charge in [0.15, 0.2) is 0 Å². The number of halogens is 1. The van der Waals surface area contributed by atoms with E-state index in [1.807, 2.05) is 0 Å². The van der Waals surface area contributed by atoms with Crippen molar-refractivity contribution in [1.82, 2.24) is 10.0 Å². The lowest BCUT2D eigenvalue weighted by atomic mass is 10.2. The van der Waals surface area contributed by atoms with Crippen molar-refractivity contribution in [3.05, 3.63) is 0 Å². The van der Waals surface area contributed by atoms with Crippen LogP contribution >= 0.6 is 0 Å². The molecule has 84 valence electrons. The number of carbonyl (C=O) groups excluding carboxylic acids is 1. The van der Waals surface area contributed by atoms with Gasteiger partial charge < -0.3 is 9.64 Å². The number of carbonyl (C=O) groups is 1. The van der Waals surface area contributed by atoms with Crippen molar-refractivity contribution in [2.24, 2.45) is 0 Å². The maximum atomic E-state index is 12.3. The number of hydrogen-bond donors (Lipinski definition) is 0. The first-order chi connectivity index (χ1) is 6.22. The van der Waals surface area contributed by atoms with E-state index in [2.05, 4.69) is 0 Å². The molecule has 0 atom stereocenters. The summed E-state index contributed by atoms with van der Waals surface area (Å²) in [4.78, 5) is 12.7. The predicted molar refractivity (Wildman–Crippen MR) is 52.6 cm³/mol. The summed E-state index contributed by atoms with van der Waals surface area (Å²) < 4.78 is 17.4. The number of likely N-dealkylation sites (N-methyl/N-ethyl adjacent to an activating group) is 2. The molecule has 5 heteroatoms. The van der Waals surface area contributed by atoms with Crippen LogP contribution < -0.4 is 0 Å². The van der Waals surface area contributed by atoms with Crippen LogP contribution in [0.25, 0.3) is 0 Å². The Labute approximate surface area is 84.6 Å². The van der Waals surface area contributed by atoms with E-state index in [0.717, 1.165) is 0 Å². The molecular formula is C9H19FN2O2. The van der Waals surface area contributed by atoms with Gasteiger partial charge in [0, 0.05) is 27.2 Å². The lowest BCUT2D eigenvalue weighted by Gasteiger charge is -2.24. The summed E-state index contributed by atoms with van der Waals surface area (Å²) in [5, 5.41) is 0.529. The van der Waals surface area contributed by atoms with Crippen molar-refractivity contribution >= 4 is 6.09 Å².